The van der Waals surface area contributed by atoms with Crippen molar-refractivity contribution in [1.82, 2.24) is 5.32 Å². The minimum atomic E-state index is -0.664. The zero-order valence-electron chi connectivity index (χ0n) is 14.6. The number of allylic oxidation sites excluding steroid dienone is 2. The summed E-state index contributed by atoms with van der Waals surface area (Å²) < 4.78 is 15.8. The Bertz CT molecular complexity index is 995. The summed E-state index contributed by atoms with van der Waals surface area (Å²) in [4.78, 5) is 25.6. The van der Waals surface area contributed by atoms with Gasteiger partial charge in [-0.05, 0) is 13.0 Å². The minimum absolute atomic E-state index is 0.127. The maximum absolute atomic E-state index is 13.1. The lowest BCUT2D eigenvalue weighted by molar-refractivity contribution is -0.136. The summed E-state index contributed by atoms with van der Waals surface area (Å²) >= 11 is 0. The SMILES string of the molecule is COC(=O)C1=C(C)NC2=C(C(=O)c3ccccc32)[C@H]1c1ccc(OC)o1. The number of dihydropyridines is 1. The molecule has 0 amide bonds. The smallest absolute Gasteiger partial charge is 0.336 e. The number of carbonyl (C=O) groups is 2. The highest BCUT2D eigenvalue weighted by Crippen LogP contribution is 2.47. The van der Waals surface area contributed by atoms with Gasteiger partial charge in [0, 0.05) is 28.5 Å². The Hall–Kier alpha value is -3.28. The number of ether oxygens (including phenoxy) is 2. The number of ketones is 1. The van der Waals surface area contributed by atoms with Crippen molar-refractivity contribution in [3.63, 3.8) is 0 Å². The van der Waals surface area contributed by atoms with Gasteiger partial charge >= 0.3 is 5.97 Å². The quantitative estimate of drug-likeness (QED) is 0.857. The van der Waals surface area contributed by atoms with Gasteiger partial charge in [-0.2, -0.15) is 0 Å². The summed E-state index contributed by atoms with van der Waals surface area (Å²) in [6, 6.07) is 10.7. The van der Waals surface area contributed by atoms with Crippen molar-refractivity contribution in [1.29, 1.82) is 0 Å². The Morgan fingerprint density at radius 2 is 1.85 bits per heavy atom. The van der Waals surface area contributed by atoms with E-state index in [0.29, 0.717) is 39.8 Å². The van der Waals surface area contributed by atoms with Gasteiger partial charge in [0.25, 0.3) is 5.95 Å². The molecule has 0 fully saturated rings. The molecular weight excluding hydrogens is 334 g/mol. The van der Waals surface area contributed by atoms with Gasteiger partial charge in [-0.15, -0.1) is 0 Å². The van der Waals surface area contributed by atoms with Crippen LogP contribution < -0.4 is 10.1 Å². The van der Waals surface area contributed by atoms with Gasteiger partial charge < -0.3 is 19.2 Å². The Labute approximate surface area is 150 Å². The summed E-state index contributed by atoms with van der Waals surface area (Å²) in [5.41, 5.74) is 3.59. The maximum atomic E-state index is 13.1. The largest absolute Gasteiger partial charge is 0.468 e. The Balaban J connectivity index is 1.94. The van der Waals surface area contributed by atoms with Crippen LogP contribution in [0.15, 0.2) is 57.7 Å². The third-order valence-electron chi connectivity index (χ3n) is 4.74. The number of rotatable bonds is 3. The zero-order chi connectivity index (χ0) is 18.4. The van der Waals surface area contributed by atoms with Crippen molar-refractivity contribution < 1.29 is 23.5 Å². The van der Waals surface area contributed by atoms with E-state index in [1.54, 1.807) is 25.1 Å². The fraction of sp³-hybridized carbons (Fsp3) is 0.200. The average Bonchev–Trinajstić information content (AvgIpc) is 3.24. The molecule has 0 saturated carbocycles. The van der Waals surface area contributed by atoms with Gasteiger partial charge in [0.2, 0.25) is 0 Å². The Morgan fingerprint density at radius 1 is 1.12 bits per heavy atom. The lowest BCUT2D eigenvalue weighted by Gasteiger charge is -2.27. The second-order valence-corrected chi connectivity index (χ2v) is 6.11. The molecule has 0 unspecified atom stereocenters. The molecule has 0 saturated heterocycles. The highest BCUT2D eigenvalue weighted by Gasteiger charge is 2.44. The number of hydrogen-bond acceptors (Lipinski definition) is 6. The van der Waals surface area contributed by atoms with Crippen LogP contribution >= 0.6 is 0 Å². The molecular formula is C20H17NO5. The molecule has 0 radical (unpaired) electrons. The van der Waals surface area contributed by atoms with Gasteiger partial charge in [-0.3, -0.25) is 4.79 Å². The topological polar surface area (TPSA) is 77.8 Å². The maximum Gasteiger partial charge on any atom is 0.336 e. The molecule has 2 heterocycles. The summed E-state index contributed by atoms with van der Waals surface area (Å²) in [5.74, 6) is -0.534. The Kier molecular flexibility index (Phi) is 3.68. The van der Waals surface area contributed by atoms with E-state index >= 15 is 0 Å². The molecule has 2 aromatic rings. The summed E-state index contributed by atoms with van der Waals surface area (Å²) in [6.07, 6.45) is 0. The van der Waals surface area contributed by atoms with Crippen molar-refractivity contribution in [3.8, 4) is 5.95 Å². The van der Waals surface area contributed by atoms with Crippen LogP contribution in [0.5, 0.6) is 5.95 Å². The molecule has 6 nitrogen and oxygen atoms in total. The van der Waals surface area contributed by atoms with E-state index in [1.165, 1.54) is 14.2 Å². The first-order chi connectivity index (χ1) is 12.6. The fourth-order valence-corrected chi connectivity index (χ4v) is 3.59. The van der Waals surface area contributed by atoms with Gasteiger partial charge in [0.15, 0.2) is 5.78 Å². The second-order valence-electron chi connectivity index (χ2n) is 6.11. The predicted octanol–water partition coefficient (Wildman–Crippen LogP) is 3.03. The molecule has 0 spiro atoms. The van der Waals surface area contributed by atoms with Crippen LogP contribution in [0.4, 0.5) is 0 Å². The van der Waals surface area contributed by atoms with Crippen molar-refractivity contribution in [3.05, 3.63) is 70.1 Å². The van der Waals surface area contributed by atoms with Crippen molar-refractivity contribution in [2.24, 2.45) is 0 Å². The van der Waals surface area contributed by atoms with E-state index < -0.39 is 11.9 Å². The summed E-state index contributed by atoms with van der Waals surface area (Å²) in [5, 5.41) is 3.22. The van der Waals surface area contributed by atoms with Crippen LogP contribution in [-0.2, 0) is 9.53 Å². The van der Waals surface area contributed by atoms with Crippen LogP contribution in [-0.4, -0.2) is 26.0 Å². The van der Waals surface area contributed by atoms with Gasteiger partial charge in [-0.25, -0.2) is 4.79 Å². The number of hydrogen-bond donors (Lipinski definition) is 1. The lowest BCUT2D eigenvalue weighted by atomic mass is 9.83. The third-order valence-corrected chi connectivity index (χ3v) is 4.74. The number of nitrogens with one attached hydrogen (secondary N) is 1. The molecule has 1 N–H and O–H groups in total. The average molecular weight is 351 g/mol. The number of furan rings is 1. The first-order valence-corrected chi connectivity index (χ1v) is 8.15. The van der Waals surface area contributed by atoms with Crippen molar-refractivity contribution in [2.45, 2.75) is 12.8 Å². The molecule has 0 bridgehead atoms. The highest BCUT2D eigenvalue weighted by atomic mass is 16.6. The molecule has 26 heavy (non-hydrogen) atoms. The molecule has 1 aliphatic carbocycles. The molecule has 4 rings (SSSR count). The van der Waals surface area contributed by atoms with Crippen molar-refractivity contribution >= 4 is 17.4 Å². The molecule has 1 aromatic carbocycles. The molecule has 6 heteroatoms. The van der Waals surface area contributed by atoms with Crippen LogP contribution in [0, 0.1) is 0 Å². The number of esters is 1. The first kappa shape index (κ1) is 16.2. The van der Waals surface area contributed by atoms with Crippen LogP contribution in [0.2, 0.25) is 0 Å². The van der Waals surface area contributed by atoms with Gasteiger partial charge in [0.05, 0.1) is 31.4 Å². The molecule has 1 aliphatic heterocycles. The number of Topliss-reactive ketones (excluding diaryl/α,β-unsaturated/α-hetero) is 1. The molecule has 2 aliphatic rings. The summed E-state index contributed by atoms with van der Waals surface area (Å²) in [7, 11) is 2.81. The van der Waals surface area contributed by atoms with Crippen molar-refractivity contribution in [2.75, 3.05) is 14.2 Å². The normalized spacial score (nSPS) is 18.4. The van der Waals surface area contributed by atoms with E-state index in [9.17, 15) is 9.59 Å². The van der Waals surface area contributed by atoms with E-state index in [1.807, 2.05) is 18.2 Å². The molecule has 1 aromatic heterocycles. The number of fused-ring (bicyclic) bond motifs is 2. The minimum Gasteiger partial charge on any atom is -0.468 e. The van der Waals surface area contributed by atoms with Crippen LogP contribution in [0.25, 0.3) is 5.70 Å². The van der Waals surface area contributed by atoms with Gasteiger partial charge in [0.1, 0.15) is 5.76 Å². The van der Waals surface area contributed by atoms with E-state index in [-0.39, 0.29) is 5.78 Å². The third kappa shape index (κ3) is 2.19. The monoisotopic (exact) mass is 351 g/mol. The van der Waals surface area contributed by atoms with Gasteiger partial charge in [-0.1, -0.05) is 24.3 Å². The summed E-state index contributed by atoms with van der Waals surface area (Å²) in [6.45, 7) is 1.79. The first-order valence-electron chi connectivity index (χ1n) is 8.15. The lowest BCUT2D eigenvalue weighted by Crippen LogP contribution is -2.28. The predicted molar refractivity (Wildman–Crippen MR) is 93.5 cm³/mol. The standard InChI is InChI=1S/C20H17NO5/c1-10-15(20(23)25-3)16(13-8-9-14(24-2)26-13)17-18(21-10)11-6-4-5-7-12(11)19(17)22/h4-9,16,21H,1-3H3/t16-/m0/s1. The van der Waals surface area contributed by atoms with E-state index in [4.69, 9.17) is 13.9 Å². The van der Waals surface area contributed by atoms with E-state index in [0.717, 1.165) is 5.56 Å². The second kappa shape index (κ2) is 5.91. The molecule has 132 valence electrons. The zero-order valence-corrected chi connectivity index (χ0v) is 14.6. The van der Waals surface area contributed by atoms with E-state index in [2.05, 4.69) is 5.32 Å². The number of methoxy groups -OCH3 is 2. The fourth-order valence-electron chi connectivity index (χ4n) is 3.59. The van der Waals surface area contributed by atoms with Crippen LogP contribution in [0.3, 0.4) is 0 Å². The Morgan fingerprint density at radius 3 is 2.50 bits per heavy atom. The number of carbonyl (C=O) groups excluding carboxylic acids is 2. The molecule has 1 atom stereocenters. The highest BCUT2D eigenvalue weighted by molar-refractivity contribution is 6.23. The number of benzene rings is 1. The van der Waals surface area contributed by atoms with Crippen LogP contribution in [0.1, 0.15) is 34.5 Å².